The van der Waals surface area contributed by atoms with Crippen LogP contribution in [0.2, 0.25) is 0 Å². The molecule has 0 radical (unpaired) electrons. The van der Waals surface area contributed by atoms with Crippen molar-refractivity contribution in [1.82, 2.24) is 25.4 Å². The molecule has 1 aromatic carbocycles. The van der Waals surface area contributed by atoms with Crippen LogP contribution in [0.4, 0.5) is 4.79 Å². The molecule has 1 aliphatic heterocycles. The molecular formula is C16H21N5O3. The largest absolute Gasteiger partial charge is 0.497 e. The zero-order valence-electron chi connectivity index (χ0n) is 13.5. The zero-order chi connectivity index (χ0) is 16.9. The number of rotatable bonds is 4. The lowest BCUT2D eigenvalue weighted by Gasteiger charge is -2.16. The Morgan fingerprint density at radius 1 is 1.46 bits per heavy atom. The van der Waals surface area contributed by atoms with Crippen LogP contribution in [0.3, 0.4) is 0 Å². The van der Waals surface area contributed by atoms with Crippen LogP contribution in [0, 0.1) is 0 Å². The van der Waals surface area contributed by atoms with Gasteiger partial charge in [0.1, 0.15) is 11.6 Å². The molecular weight excluding hydrogens is 310 g/mol. The van der Waals surface area contributed by atoms with Crippen LogP contribution >= 0.6 is 0 Å². The number of nitrogens with zero attached hydrogens (tertiary/aromatic N) is 2. The van der Waals surface area contributed by atoms with Crippen molar-refractivity contribution in [1.29, 1.82) is 0 Å². The van der Waals surface area contributed by atoms with Gasteiger partial charge in [0.15, 0.2) is 0 Å². The Morgan fingerprint density at radius 2 is 2.33 bits per heavy atom. The van der Waals surface area contributed by atoms with Crippen LogP contribution in [-0.2, 0) is 19.5 Å². The van der Waals surface area contributed by atoms with E-state index in [1.54, 1.807) is 11.7 Å². The molecule has 2 aromatic rings. The molecule has 1 unspecified atom stereocenters. The third kappa shape index (κ3) is 3.76. The number of nitrogens with one attached hydrogen (secondary N) is 3. The predicted octanol–water partition coefficient (Wildman–Crippen LogP) is 0.784. The average molecular weight is 331 g/mol. The number of H-pyrrole nitrogens is 1. The van der Waals surface area contributed by atoms with E-state index in [1.807, 2.05) is 24.3 Å². The molecule has 8 heteroatoms. The number of aromatic amines is 1. The molecule has 0 saturated carbocycles. The third-order valence-corrected chi connectivity index (χ3v) is 4.18. The Hall–Kier alpha value is -2.77. The second-order valence-electron chi connectivity index (χ2n) is 5.80. The van der Waals surface area contributed by atoms with Crippen molar-refractivity contribution in [2.24, 2.45) is 0 Å². The molecule has 2 heterocycles. The molecule has 0 fully saturated rings. The van der Waals surface area contributed by atoms with Crippen LogP contribution in [0.5, 0.6) is 5.75 Å². The van der Waals surface area contributed by atoms with Crippen molar-refractivity contribution in [3.8, 4) is 5.75 Å². The first-order chi connectivity index (χ1) is 11.7. The number of hydrogen-bond acceptors (Lipinski definition) is 4. The molecule has 0 saturated heterocycles. The number of aromatic nitrogens is 3. The highest BCUT2D eigenvalue weighted by Crippen LogP contribution is 2.13. The lowest BCUT2D eigenvalue weighted by atomic mass is 10.1. The van der Waals surface area contributed by atoms with Gasteiger partial charge >= 0.3 is 11.7 Å². The van der Waals surface area contributed by atoms with E-state index in [1.165, 1.54) is 0 Å². The van der Waals surface area contributed by atoms with Gasteiger partial charge in [0.05, 0.1) is 7.11 Å². The molecule has 0 spiro atoms. The number of carbonyl (C=O) groups is 1. The van der Waals surface area contributed by atoms with Gasteiger partial charge in [-0.3, -0.25) is 4.57 Å². The Labute approximate surface area is 139 Å². The van der Waals surface area contributed by atoms with Crippen molar-refractivity contribution >= 4 is 6.03 Å². The Morgan fingerprint density at radius 3 is 3.17 bits per heavy atom. The fourth-order valence-corrected chi connectivity index (χ4v) is 2.85. The minimum absolute atomic E-state index is 0.0245. The molecule has 3 N–H and O–H groups in total. The summed E-state index contributed by atoms with van der Waals surface area (Å²) >= 11 is 0. The fourth-order valence-electron chi connectivity index (χ4n) is 2.85. The van der Waals surface area contributed by atoms with Gasteiger partial charge in [-0.05, 0) is 30.5 Å². The average Bonchev–Trinajstić information content (AvgIpc) is 2.83. The van der Waals surface area contributed by atoms with Crippen LogP contribution in [-0.4, -0.2) is 33.9 Å². The summed E-state index contributed by atoms with van der Waals surface area (Å²) in [6.45, 7) is 0.989. The van der Waals surface area contributed by atoms with Gasteiger partial charge in [-0.2, -0.15) is 5.10 Å². The number of benzene rings is 1. The predicted molar refractivity (Wildman–Crippen MR) is 87.9 cm³/mol. The van der Waals surface area contributed by atoms with Crippen molar-refractivity contribution < 1.29 is 9.53 Å². The molecule has 8 nitrogen and oxygen atoms in total. The summed E-state index contributed by atoms with van der Waals surface area (Å²) in [5.41, 5.74) is 0.783. The number of fused-ring (bicyclic) bond motifs is 1. The van der Waals surface area contributed by atoms with Gasteiger partial charge in [0.2, 0.25) is 0 Å². The molecule has 1 aromatic heterocycles. The van der Waals surface area contributed by atoms with E-state index in [-0.39, 0.29) is 17.8 Å². The monoisotopic (exact) mass is 331 g/mol. The van der Waals surface area contributed by atoms with Gasteiger partial charge in [0.25, 0.3) is 0 Å². The smallest absolute Gasteiger partial charge is 0.343 e. The summed E-state index contributed by atoms with van der Waals surface area (Å²) < 4.78 is 6.80. The van der Waals surface area contributed by atoms with Crippen molar-refractivity contribution in [2.45, 2.75) is 38.4 Å². The number of ether oxygens (including phenoxy) is 1. The SMILES string of the molecule is COc1cccc(CNC(=O)NC2CCc3n[nH]c(=O)n3CC2)c1. The van der Waals surface area contributed by atoms with E-state index in [0.717, 1.165) is 23.6 Å². The molecule has 0 aliphatic carbocycles. The minimum atomic E-state index is -0.212. The van der Waals surface area contributed by atoms with Crippen LogP contribution in [0.15, 0.2) is 29.1 Å². The maximum Gasteiger partial charge on any atom is 0.343 e. The standard InChI is InChI=1S/C16H21N5O3/c1-24-13-4-2-3-11(9-13)10-17-15(22)18-12-5-6-14-19-20-16(23)21(14)8-7-12/h2-4,9,12H,5-8,10H2,1H3,(H,20,23)(H2,17,18,22). The first kappa shape index (κ1) is 16.1. The highest BCUT2D eigenvalue weighted by molar-refractivity contribution is 5.74. The molecule has 1 atom stereocenters. The van der Waals surface area contributed by atoms with Gasteiger partial charge in [-0.1, -0.05) is 12.1 Å². The zero-order valence-corrected chi connectivity index (χ0v) is 13.5. The number of methoxy groups -OCH3 is 1. The normalized spacial score (nSPS) is 16.8. The first-order valence-electron chi connectivity index (χ1n) is 7.97. The second-order valence-corrected chi connectivity index (χ2v) is 5.80. The van der Waals surface area contributed by atoms with E-state index in [0.29, 0.717) is 25.9 Å². The van der Waals surface area contributed by atoms with Crippen LogP contribution in [0.1, 0.15) is 24.2 Å². The number of aryl methyl sites for hydroxylation is 1. The summed E-state index contributed by atoms with van der Waals surface area (Å²) in [6, 6.07) is 7.38. The topological polar surface area (TPSA) is 101 Å². The van der Waals surface area contributed by atoms with Gasteiger partial charge < -0.3 is 15.4 Å². The highest BCUT2D eigenvalue weighted by atomic mass is 16.5. The van der Waals surface area contributed by atoms with Crippen molar-refractivity contribution in [2.75, 3.05) is 7.11 Å². The Balaban J connectivity index is 1.49. The summed E-state index contributed by atoms with van der Waals surface area (Å²) in [6.07, 6.45) is 2.13. The van der Waals surface area contributed by atoms with E-state index in [9.17, 15) is 9.59 Å². The number of carbonyl (C=O) groups excluding carboxylic acids is 1. The molecule has 3 rings (SSSR count). The number of hydrogen-bond donors (Lipinski definition) is 3. The van der Waals surface area contributed by atoms with Crippen LogP contribution in [0.25, 0.3) is 0 Å². The molecule has 0 bridgehead atoms. The number of urea groups is 1. The van der Waals surface area contributed by atoms with Crippen molar-refractivity contribution in [3.05, 3.63) is 46.1 Å². The summed E-state index contributed by atoms with van der Waals surface area (Å²) in [5, 5.41) is 12.3. The quantitative estimate of drug-likeness (QED) is 0.771. The third-order valence-electron chi connectivity index (χ3n) is 4.18. The van der Waals surface area contributed by atoms with E-state index in [2.05, 4.69) is 20.8 Å². The van der Waals surface area contributed by atoms with Gasteiger partial charge in [-0.15, -0.1) is 0 Å². The lowest BCUT2D eigenvalue weighted by molar-refractivity contribution is 0.235. The first-order valence-corrected chi connectivity index (χ1v) is 7.97. The minimum Gasteiger partial charge on any atom is -0.497 e. The van der Waals surface area contributed by atoms with Crippen molar-refractivity contribution in [3.63, 3.8) is 0 Å². The van der Waals surface area contributed by atoms with Gasteiger partial charge in [0, 0.05) is 25.6 Å². The van der Waals surface area contributed by atoms with E-state index < -0.39 is 0 Å². The summed E-state index contributed by atoms with van der Waals surface area (Å²) in [4.78, 5) is 23.7. The summed E-state index contributed by atoms with van der Waals surface area (Å²) in [7, 11) is 1.61. The maximum absolute atomic E-state index is 12.1. The van der Waals surface area contributed by atoms with E-state index in [4.69, 9.17) is 4.74 Å². The lowest BCUT2D eigenvalue weighted by Crippen LogP contribution is -2.42. The maximum atomic E-state index is 12.1. The van der Waals surface area contributed by atoms with Crippen LogP contribution < -0.4 is 21.1 Å². The summed E-state index contributed by atoms with van der Waals surface area (Å²) in [5.74, 6) is 1.51. The number of amides is 2. The molecule has 1 aliphatic rings. The molecule has 2 amide bonds. The fraction of sp³-hybridized carbons (Fsp3) is 0.438. The molecule has 24 heavy (non-hydrogen) atoms. The Kier molecular flexibility index (Phi) is 4.83. The van der Waals surface area contributed by atoms with Gasteiger partial charge in [-0.25, -0.2) is 14.7 Å². The second kappa shape index (κ2) is 7.20. The van der Waals surface area contributed by atoms with E-state index >= 15 is 0 Å². The Bertz CT molecular complexity index is 767. The highest BCUT2D eigenvalue weighted by Gasteiger charge is 2.20. The molecule has 128 valence electrons.